The summed E-state index contributed by atoms with van der Waals surface area (Å²) in [5, 5.41) is 8.12. The Balaban J connectivity index is 2.03. The zero-order valence-corrected chi connectivity index (χ0v) is 11.9. The maximum Gasteiger partial charge on any atom is 0.132 e. The van der Waals surface area contributed by atoms with Gasteiger partial charge in [-0.25, -0.2) is 9.07 Å². The van der Waals surface area contributed by atoms with E-state index in [9.17, 15) is 4.39 Å². The quantitative estimate of drug-likeness (QED) is 0.906. The van der Waals surface area contributed by atoms with Crippen molar-refractivity contribution < 1.29 is 4.39 Å². The first-order valence-electron chi connectivity index (χ1n) is 7.32. The summed E-state index contributed by atoms with van der Waals surface area (Å²) in [6.45, 7) is 4.40. The van der Waals surface area contributed by atoms with E-state index in [4.69, 9.17) is 0 Å². The fourth-order valence-electron chi connectivity index (χ4n) is 2.91. The van der Waals surface area contributed by atoms with Gasteiger partial charge in [0.05, 0.1) is 12.2 Å². The molecule has 1 aliphatic heterocycles. The third-order valence-electron chi connectivity index (χ3n) is 4.16. The Bertz CT molecular complexity index is 588. The molecule has 0 fully saturated rings. The SMILES string of the molecule is CCC1CC(CC)n2ncc(-c3ccc(F)cc3)c2N1. The summed E-state index contributed by atoms with van der Waals surface area (Å²) >= 11 is 0. The van der Waals surface area contributed by atoms with Crippen molar-refractivity contribution in [1.29, 1.82) is 0 Å². The second-order valence-electron chi connectivity index (χ2n) is 5.41. The number of fused-ring (bicyclic) bond motifs is 1. The van der Waals surface area contributed by atoms with Gasteiger partial charge in [-0.3, -0.25) is 0 Å². The minimum atomic E-state index is -0.208. The molecule has 106 valence electrons. The third-order valence-corrected chi connectivity index (χ3v) is 4.16. The lowest BCUT2D eigenvalue weighted by atomic mass is 9.99. The van der Waals surface area contributed by atoms with E-state index in [1.807, 2.05) is 18.3 Å². The van der Waals surface area contributed by atoms with E-state index in [0.29, 0.717) is 12.1 Å². The molecule has 0 aliphatic carbocycles. The van der Waals surface area contributed by atoms with E-state index in [2.05, 4.69) is 28.9 Å². The predicted molar refractivity (Wildman–Crippen MR) is 79.3 cm³/mol. The van der Waals surface area contributed by atoms with E-state index < -0.39 is 0 Å². The summed E-state index contributed by atoms with van der Waals surface area (Å²) in [6, 6.07) is 7.55. The van der Waals surface area contributed by atoms with Crippen LogP contribution < -0.4 is 5.32 Å². The molecule has 3 rings (SSSR count). The van der Waals surface area contributed by atoms with E-state index in [1.54, 1.807) is 0 Å². The Morgan fingerprint density at radius 1 is 1.25 bits per heavy atom. The van der Waals surface area contributed by atoms with Gasteiger partial charge in [-0.05, 0) is 37.0 Å². The van der Waals surface area contributed by atoms with Crippen molar-refractivity contribution in [2.75, 3.05) is 5.32 Å². The van der Waals surface area contributed by atoms with E-state index in [-0.39, 0.29) is 5.82 Å². The molecular formula is C16H20FN3. The average molecular weight is 273 g/mol. The number of rotatable bonds is 3. The van der Waals surface area contributed by atoms with Gasteiger partial charge < -0.3 is 5.32 Å². The molecule has 1 N–H and O–H groups in total. The lowest BCUT2D eigenvalue weighted by molar-refractivity contribution is 0.363. The molecule has 0 amide bonds. The highest BCUT2D eigenvalue weighted by Crippen LogP contribution is 2.37. The van der Waals surface area contributed by atoms with Crippen molar-refractivity contribution in [3.63, 3.8) is 0 Å². The number of halogens is 1. The fourth-order valence-corrected chi connectivity index (χ4v) is 2.91. The zero-order chi connectivity index (χ0) is 14.1. The van der Waals surface area contributed by atoms with Gasteiger partial charge in [0.25, 0.3) is 0 Å². The predicted octanol–water partition coefficient (Wildman–Crippen LogP) is 4.23. The molecular weight excluding hydrogens is 253 g/mol. The number of hydrogen-bond donors (Lipinski definition) is 1. The Hall–Kier alpha value is -1.84. The van der Waals surface area contributed by atoms with Crippen LogP contribution in [0.5, 0.6) is 0 Å². The van der Waals surface area contributed by atoms with Gasteiger partial charge in [-0.1, -0.05) is 26.0 Å². The Morgan fingerprint density at radius 3 is 2.65 bits per heavy atom. The standard InChI is InChI=1S/C16H20FN3/c1-3-13-9-14(4-2)20-16(19-13)15(10-18-20)11-5-7-12(17)8-6-11/h5-8,10,13-14,19H,3-4,9H2,1-2H3. The van der Waals surface area contributed by atoms with Crippen LogP contribution in [0.3, 0.4) is 0 Å². The highest BCUT2D eigenvalue weighted by molar-refractivity contribution is 5.75. The van der Waals surface area contributed by atoms with E-state index >= 15 is 0 Å². The minimum absolute atomic E-state index is 0.208. The van der Waals surface area contributed by atoms with Crippen LogP contribution in [0.25, 0.3) is 11.1 Å². The van der Waals surface area contributed by atoms with Gasteiger partial charge in [0.15, 0.2) is 0 Å². The molecule has 4 heteroatoms. The molecule has 2 aromatic rings. The average Bonchev–Trinajstić information content (AvgIpc) is 2.90. The number of benzene rings is 1. The number of nitrogens with one attached hydrogen (secondary N) is 1. The molecule has 2 unspecified atom stereocenters. The summed E-state index contributed by atoms with van der Waals surface area (Å²) in [5.41, 5.74) is 2.06. The van der Waals surface area contributed by atoms with Crippen LogP contribution in [0.15, 0.2) is 30.5 Å². The number of anilines is 1. The number of hydrogen-bond acceptors (Lipinski definition) is 2. The molecule has 1 aromatic heterocycles. The smallest absolute Gasteiger partial charge is 0.132 e. The summed E-state index contributed by atoms with van der Waals surface area (Å²) < 4.78 is 15.2. The van der Waals surface area contributed by atoms with Crippen molar-refractivity contribution in [2.45, 2.75) is 45.2 Å². The molecule has 0 bridgehead atoms. The molecule has 1 aromatic carbocycles. The van der Waals surface area contributed by atoms with Gasteiger partial charge in [-0.15, -0.1) is 0 Å². The lowest BCUT2D eigenvalue weighted by Gasteiger charge is -2.32. The van der Waals surface area contributed by atoms with Crippen LogP contribution in [0.2, 0.25) is 0 Å². The Kier molecular flexibility index (Phi) is 3.47. The van der Waals surface area contributed by atoms with Crippen molar-refractivity contribution >= 4 is 5.82 Å². The molecule has 0 saturated heterocycles. The molecule has 0 spiro atoms. The largest absolute Gasteiger partial charge is 0.367 e. The van der Waals surface area contributed by atoms with Gasteiger partial charge in [0.1, 0.15) is 11.6 Å². The van der Waals surface area contributed by atoms with Crippen LogP contribution in [0, 0.1) is 5.82 Å². The summed E-state index contributed by atoms with van der Waals surface area (Å²) in [6.07, 6.45) is 5.18. The van der Waals surface area contributed by atoms with Crippen LogP contribution in [0.4, 0.5) is 10.2 Å². The fraction of sp³-hybridized carbons (Fsp3) is 0.438. The number of nitrogens with zero attached hydrogens (tertiary/aromatic N) is 2. The molecule has 0 radical (unpaired) electrons. The lowest BCUT2D eigenvalue weighted by Crippen LogP contribution is -2.31. The van der Waals surface area contributed by atoms with E-state index in [1.165, 1.54) is 12.1 Å². The molecule has 20 heavy (non-hydrogen) atoms. The number of aromatic nitrogens is 2. The molecule has 1 aliphatic rings. The maximum absolute atomic E-state index is 13.1. The first-order valence-corrected chi connectivity index (χ1v) is 7.32. The Labute approximate surface area is 118 Å². The first-order chi connectivity index (χ1) is 9.72. The van der Waals surface area contributed by atoms with Crippen LogP contribution >= 0.6 is 0 Å². The summed E-state index contributed by atoms with van der Waals surface area (Å²) in [7, 11) is 0. The second kappa shape index (κ2) is 5.27. The summed E-state index contributed by atoms with van der Waals surface area (Å²) in [5.74, 6) is 0.863. The van der Waals surface area contributed by atoms with E-state index in [0.717, 1.165) is 36.2 Å². The van der Waals surface area contributed by atoms with Gasteiger partial charge in [-0.2, -0.15) is 5.10 Å². The molecule has 3 nitrogen and oxygen atoms in total. The summed E-state index contributed by atoms with van der Waals surface area (Å²) in [4.78, 5) is 0. The molecule has 2 heterocycles. The van der Waals surface area contributed by atoms with Crippen LogP contribution in [-0.2, 0) is 0 Å². The second-order valence-corrected chi connectivity index (χ2v) is 5.41. The van der Waals surface area contributed by atoms with Gasteiger partial charge in [0, 0.05) is 11.6 Å². The maximum atomic E-state index is 13.1. The van der Waals surface area contributed by atoms with Crippen LogP contribution in [0.1, 0.15) is 39.2 Å². The minimum Gasteiger partial charge on any atom is -0.367 e. The monoisotopic (exact) mass is 273 g/mol. The van der Waals surface area contributed by atoms with Crippen LogP contribution in [-0.4, -0.2) is 15.8 Å². The first kappa shape index (κ1) is 13.2. The van der Waals surface area contributed by atoms with Gasteiger partial charge in [0.2, 0.25) is 0 Å². The van der Waals surface area contributed by atoms with Crippen molar-refractivity contribution in [2.24, 2.45) is 0 Å². The zero-order valence-electron chi connectivity index (χ0n) is 11.9. The third kappa shape index (κ3) is 2.19. The van der Waals surface area contributed by atoms with Crippen molar-refractivity contribution in [1.82, 2.24) is 9.78 Å². The highest BCUT2D eigenvalue weighted by Gasteiger charge is 2.27. The van der Waals surface area contributed by atoms with Crippen molar-refractivity contribution in [3.05, 3.63) is 36.3 Å². The highest BCUT2D eigenvalue weighted by atomic mass is 19.1. The molecule has 0 saturated carbocycles. The normalized spacial score (nSPS) is 21.4. The Morgan fingerprint density at radius 2 is 2.00 bits per heavy atom. The molecule has 2 atom stereocenters. The topological polar surface area (TPSA) is 29.9 Å². The van der Waals surface area contributed by atoms with Crippen molar-refractivity contribution in [3.8, 4) is 11.1 Å². The van der Waals surface area contributed by atoms with Gasteiger partial charge >= 0.3 is 0 Å².